The zero-order chi connectivity index (χ0) is 22.9. The summed E-state index contributed by atoms with van der Waals surface area (Å²) in [6.07, 6.45) is -1.66. The molecule has 0 radical (unpaired) electrons. The number of hydrogen-bond donors (Lipinski definition) is 2. The molecular formula is C18H20NNaO10P2. The van der Waals surface area contributed by atoms with E-state index in [4.69, 9.17) is 18.5 Å². The van der Waals surface area contributed by atoms with Gasteiger partial charge in [-0.25, -0.2) is 4.79 Å². The molecule has 1 aromatic heterocycles. The maximum absolute atomic E-state index is 12.8. The van der Waals surface area contributed by atoms with Gasteiger partial charge in [-0.1, -0.05) is 24.3 Å². The third kappa shape index (κ3) is 5.69. The van der Waals surface area contributed by atoms with Crippen LogP contribution in [-0.2, 0) is 29.3 Å². The molecule has 2 unspecified atom stereocenters. The molecule has 1 fully saturated rings. The number of ether oxygens (including phenoxy) is 2. The van der Waals surface area contributed by atoms with Crippen molar-refractivity contribution in [1.82, 2.24) is 4.98 Å². The van der Waals surface area contributed by atoms with Crippen LogP contribution in [-0.4, -0.2) is 32.3 Å². The van der Waals surface area contributed by atoms with Crippen LogP contribution < -0.4 is 39.2 Å². The largest absolute Gasteiger partial charge is 1.00 e. The maximum atomic E-state index is 12.8. The maximum Gasteiger partial charge on any atom is 1.00 e. The van der Waals surface area contributed by atoms with Gasteiger partial charge >= 0.3 is 43.3 Å². The van der Waals surface area contributed by atoms with Crippen LogP contribution in [0, 0.1) is 0 Å². The van der Waals surface area contributed by atoms with Gasteiger partial charge in [0.15, 0.2) is 7.60 Å². The van der Waals surface area contributed by atoms with Gasteiger partial charge in [0, 0.05) is 18.8 Å². The van der Waals surface area contributed by atoms with E-state index in [-0.39, 0.29) is 46.4 Å². The summed E-state index contributed by atoms with van der Waals surface area (Å²) in [5, 5.41) is 7.44. The second kappa shape index (κ2) is 10.4. The van der Waals surface area contributed by atoms with Crippen molar-refractivity contribution < 1.29 is 76.9 Å². The van der Waals surface area contributed by atoms with E-state index in [1.807, 2.05) is 0 Å². The number of pyridine rings is 1. The summed E-state index contributed by atoms with van der Waals surface area (Å²) in [5.41, 5.74) is -0.00171. The van der Waals surface area contributed by atoms with Crippen LogP contribution in [0.4, 0.5) is 4.79 Å². The standard InChI is InChI=1S/C18H21NO10P2.Na/c1-12(2)26-17(20)27-15-8-4-3-7-14(15)16-28-30(22,23)18(21,31(24,25)29-16)10-13-6-5-9-19-11-13;/h3-9,11-12,16,21H,10H2,1-2H3,(H,22,23)(H,24,25);/q;+1/p-1/t16-,18-;. The van der Waals surface area contributed by atoms with E-state index in [1.165, 1.54) is 48.8 Å². The quantitative estimate of drug-likeness (QED) is 0.242. The Morgan fingerprint density at radius 3 is 2.53 bits per heavy atom. The zero-order valence-corrected chi connectivity index (χ0v) is 21.3. The second-order valence-corrected chi connectivity index (χ2v) is 11.2. The summed E-state index contributed by atoms with van der Waals surface area (Å²) in [7, 11) is -10.7. The molecule has 2 aromatic rings. The van der Waals surface area contributed by atoms with Gasteiger partial charge in [0.2, 0.25) is 11.4 Å². The van der Waals surface area contributed by atoms with Crippen molar-refractivity contribution in [2.45, 2.75) is 37.7 Å². The van der Waals surface area contributed by atoms with Gasteiger partial charge in [-0.05, 0) is 31.5 Å². The molecule has 1 saturated heterocycles. The summed E-state index contributed by atoms with van der Waals surface area (Å²) in [4.78, 5) is 38.8. The van der Waals surface area contributed by atoms with E-state index in [0.717, 1.165) is 0 Å². The van der Waals surface area contributed by atoms with Crippen molar-refractivity contribution in [3.8, 4) is 5.75 Å². The topological polar surface area (TPSA) is 165 Å². The van der Waals surface area contributed by atoms with E-state index in [9.17, 15) is 28.8 Å². The molecule has 2 heterocycles. The molecule has 0 bridgehead atoms. The summed E-state index contributed by atoms with van der Waals surface area (Å²) < 4.78 is 45.5. The number of rotatable bonds is 5. The third-order valence-corrected chi connectivity index (χ3v) is 8.76. The number of nitrogens with zero attached hydrogens (tertiary/aromatic N) is 1. The summed E-state index contributed by atoms with van der Waals surface area (Å²) >= 11 is 0. The van der Waals surface area contributed by atoms with E-state index in [1.54, 1.807) is 13.8 Å². The summed E-state index contributed by atoms with van der Waals surface area (Å²) in [5.74, 6) is -0.212. The molecule has 3 rings (SSSR count). The molecule has 11 nitrogen and oxygen atoms in total. The number of aromatic nitrogens is 1. The minimum atomic E-state index is -5.43. The first-order chi connectivity index (χ1) is 14.5. The predicted octanol–water partition coefficient (Wildman–Crippen LogP) is -0.318. The number of para-hydroxylation sites is 1. The molecule has 1 aromatic carbocycles. The SMILES string of the molecule is CC(C)OC(=O)Oc1ccccc1[C@H]1OP(=O)([O-])[C@@](O)(Cc2cccnc2)P(=O)(O)O1.[Na+]. The molecule has 168 valence electrons. The average molecular weight is 495 g/mol. The number of carbonyl (C=O) groups is 1. The van der Waals surface area contributed by atoms with Crippen LogP contribution in [0.15, 0.2) is 48.8 Å². The Balaban J connectivity index is 0.00000363. The first kappa shape index (κ1) is 27.1. The normalized spacial score (nSPS) is 29.8. The molecule has 32 heavy (non-hydrogen) atoms. The molecule has 2 N–H and O–H groups in total. The first-order valence-electron chi connectivity index (χ1n) is 9.05. The number of benzene rings is 1. The Morgan fingerprint density at radius 1 is 1.25 bits per heavy atom. The van der Waals surface area contributed by atoms with E-state index in [0.29, 0.717) is 0 Å². The van der Waals surface area contributed by atoms with Gasteiger partial charge in [-0.3, -0.25) is 14.1 Å². The molecule has 0 aliphatic carbocycles. The van der Waals surface area contributed by atoms with Gasteiger partial charge in [0.25, 0.3) is 0 Å². The Morgan fingerprint density at radius 2 is 1.94 bits per heavy atom. The Bertz CT molecular complexity index is 1030. The van der Waals surface area contributed by atoms with Crippen LogP contribution in [0.25, 0.3) is 0 Å². The van der Waals surface area contributed by atoms with Crippen molar-refractivity contribution in [2.24, 2.45) is 0 Å². The monoisotopic (exact) mass is 495 g/mol. The second-order valence-electron chi connectivity index (χ2n) is 6.93. The third-order valence-electron chi connectivity index (χ3n) is 4.23. The van der Waals surface area contributed by atoms with Gasteiger partial charge < -0.3 is 33.5 Å². The van der Waals surface area contributed by atoms with Crippen molar-refractivity contribution in [1.29, 1.82) is 0 Å². The van der Waals surface area contributed by atoms with Crippen LogP contribution in [0.1, 0.15) is 31.3 Å². The van der Waals surface area contributed by atoms with E-state index < -0.39 is 45.2 Å². The predicted molar refractivity (Wildman–Crippen MR) is 104 cm³/mol. The fourth-order valence-corrected chi connectivity index (χ4v) is 6.27. The Labute approximate surface area is 206 Å². The minimum Gasteiger partial charge on any atom is -0.776 e. The van der Waals surface area contributed by atoms with Gasteiger partial charge in [-0.15, -0.1) is 0 Å². The number of hydrogen-bond acceptors (Lipinski definition) is 10. The molecule has 1 aliphatic heterocycles. The molecule has 0 saturated carbocycles. The van der Waals surface area contributed by atoms with E-state index >= 15 is 0 Å². The van der Waals surface area contributed by atoms with Crippen molar-refractivity contribution in [3.05, 3.63) is 59.9 Å². The van der Waals surface area contributed by atoms with Crippen molar-refractivity contribution in [2.75, 3.05) is 0 Å². The smallest absolute Gasteiger partial charge is 0.776 e. The number of carbonyl (C=O) groups excluding carboxylic acids is 1. The molecule has 14 heteroatoms. The fourth-order valence-electron chi connectivity index (χ4n) is 2.76. The minimum absolute atomic E-state index is 0. The molecular weight excluding hydrogens is 475 g/mol. The van der Waals surface area contributed by atoms with Crippen molar-refractivity contribution >= 4 is 21.3 Å². The Hall–Kier alpha value is -1.10. The van der Waals surface area contributed by atoms with Gasteiger partial charge in [0.05, 0.1) is 11.7 Å². The zero-order valence-electron chi connectivity index (χ0n) is 17.5. The van der Waals surface area contributed by atoms with Crippen molar-refractivity contribution in [3.63, 3.8) is 0 Å². The van der Waals surface area contributed by atoms with Crippen LogP contribution in [0.5, 0.6) is 5.75 Å². The van der Waals surface area contributed by atoms with Crippen LogP contribution in [0.3, 0.4) is 0 Å². The molecule has 4 atom stereocenters. The van der Waals surface area contributed by atoms with Gasteiger partial charge in [0.1, 0.15) is 5.75 Å². The fraction of sp³-hybridized carbons (Fsp3) is 0.333. The molecule has 1 aliphatic rings. The van der Waals surface area contributed by atoms with Crippen LogP contribution >= 0.6 is 15.2 Å². The average Bonchev–Trinajstić information content (AvgIpc) is 2.66. The summed E-state index contributed by atoms with van der Waals surface area (Å²) in [6.45, 7) is 3.19. The molecule has 0 spiro atoms. The first-order valence-corrected chi connectivity index (χ1v) is 12.2. The number of aliphatic hydroxyl groups is 1. The van der Waals surface area contributed by atoms with Crippen LogP contribution in [0.2, 0.25) is 0 Å². The Kier molecular flexibility index (Phi) is 8.86. The van der Waals surface area contributed by atoms with Gasteiger partial charge in [-0.2, -0.15) is 0 Å². The van der Waals surface area contributed by atoms with E-state index in [2.05, 4.69) is 4.98 Å². The summed E-state index contributed by atoms with van der Waals surface area (Å²) in [6, 6.07) is 8.36. The molecule has 0 amide bonds.